The van der Waals surface area contributed by atoms with Crippen LogP contribution in [0.25, 0.3) is 0 Å². The Morgan fingerprint density at radius 1 is 0.963 bits per heavy atom. The van der Waals surface area contributed by atoms with Crippen molar-refractivity contribution in [1.29, 1.82) is 0 Å². The molecule has 2 atom stereocenters. The Morgan fingerprint density at radius 3 is 2.15 bits per heavy atom. The molecule has 0 aromatic heterocycles. The van der Waals surface area contributed by atoms with Gasteiger partial charge in [-0.2, -0.15) is 0 Å². The third kappa shape index (κ3) is 4.49. The van der Waals surface area contributed by atoms with Crippen LogP contribution in [0.3, 0.4) is 0 Å². The third-order valence-electron chi connectivity index (χ3n) is 4.71. The Hall–Kier alpha value is -3.22. The van der Waals surface area contributed by atoms with Gasteiger partial charge in [0.1, 0.15) is 5.82 Å². The van der Waals surface area contributed by atoms with Crippen LogP contribution in [-0.4, -0.2) is 22.9 Å². The number of hydrogen-bond acceptors (Lipinski definition) is 3. The van der Waals surface area contributed by atoms with Gasteiger partial charge in [0.2, 0.25) is 5.91 Å². The summed E-state index contributed by atoms with van der Waals surface area (Å²) in [6, 6.07) is 12.2. The van der Waals surface area contributed by atoms with E-state index in [0.717, 1.165) is 5.56 Å². The fraction of sp³-hybridized carbons (Fsp3) is 0.250. The predicted molar refractivity (Wildman–Crippen MR) is 96.5 cm³/mol. The molecule has 2 aromatic carbocycles. The van der Waals surface area contributed by atoms with Crippen molar-refractivity contribution in [2.75, 3.05) is 5.32 Å². The van der Waals surface area contributed by atoms with Crippen LogP contribution in [0.1, 0.15) is 28.8 Å². The molecule has 0 saturated heterocycles. The fourth-order valence-corrected chi connectivity index (χ4v) is 2.94. The van der Waals surface area contributed by atoms with Gasteiger partial charge in [0.15, 0.2) is 0 Å². The van der Waals surface area contributed by atoms with Gasteiger partial charge in [-0.3, -0.25) is 14.4 Å². The average molecular weight is 370 g/mol. The Bertz CT molecular complexity index is 849. The fourth-order valence-electron chi connectivity index (χ4n) is 2.94. The maximum absolute atomic E-state index is 12.9. The summed E-state index contributed by atoms with van der Waals surface area (Å²) >= 11 is 0. The summed E-state index contributed by atoms with van der Waals surface area (Å²) in [5.41, 5.74) is 1.70. The van der Waals surface area contributed by atoms with Gasteiger partial charge >= 0.3 is 5.97 Å². The van der Waals surface area contributed by atoms with E-state index in [1.165, 1.54) is 12.1 Å². The molecule has 7 heteroatoms. The van der Waals surface area contributed by atoms with Crippen molar-refractivity contribution < 1.29 is 23.9 Å². The SMILES string of the molecule is O=C(NCc1ccc(F)cc1)c1ccc(NC(=O)C2CCC2C(=O)O)cc1. The summed E-state index contributed by atoms with van der Waals surface area (Å²) in [6.07, 6.45) is 1.08. The highest BCUT2D eigenvalue weighted by molar-refractivity contribution is 5.97. The molecule has 0 aliphatic heterocycles. The van der Waals surface area contributed by atoms with E-state index in [9.17, 15) is 18.8 Å². The Morgan fingerprint density at radius 2 is 1.59 bits per heavy atom. The first-order chi connectivity index (χ1) is 12.9. The molecule has 3 N–H and O–H groups in total. The van der Waals surface area contributed by atoms with E-state index in [0.29, 0.717) is 24.1 Å². The summed E-state index contributed by atoms with van der Waals surface area (Å²) in [4.78, 5) is 35.3. The lowest BCUT2D eigenvalue weighted by molar-refractivity contribution is -0.151. The topological polar surface area (TPSA) is 95.5 Å². The van der Waals surface area contributed by atoms with Crippen molar-refractivity contribution in [1.82, 2.24) is 5.32 Å². The Kier molecular flexibility index (Phi) is 5.49. The summed E-state index contributed by atoms with van der Waals surface area (Å²) in [6.45, 7) is 0.274. The van der Waals surface area contributed by atoms with Gasteiger partial charge in [-0.05, 0) is 54.8 Å². The molecule has 1 saturated carbocycles. The average Bonchev–Trinajstić information content (AvgIpc) is 2.60. The lowest BCUT2D eigenvalue weighted by Gasteiger charge is -2.31. The predicted octanol–water partition coefficient (Wildman–Crippen LogP) is 2.81. The molecule has 6 nitrogen and oxygen atoms in total. The van der Waals surface area contributed by atoms with Crippen molar-refractivity contribution >= 4 is 23.5 Å². The second-order valence-electron chi connectivity index (χ2n) is 6.50. The lowest BCUT2D eigenvalue weighted by Crippen LogP contribution is -2.41. The van der Waals surface area contributed by atoms with E-state index in [1.54, 1.807) is 36.4 Å². The van der Waals surface area contributed by atoms with Gasteiger partial charge in [-0.1, -0.05) is 12.1 Å². The van der Waals surface area contributed by atoms with Gasteiger partial charge in [0.25, 0.3) is 5.91 Å². The molecule has 140 valence electrons. The van der Waals surface area contributed by atoms with Gasteiger partial charge < -0.3 is 15.7 Å². The van der Waals surface area contributed by atoms with Crippen molar-refractivity contribution in [3.63, 3.8) is 0 Å². The first-order valence-corrected chi connectivity index (χ1v) is 8.60. The molecule has 2 unspecified atom stereocenters. The number of aliphatic carboxylic acids is 1. The number of carbonyl (C=O) groups excluding carboxylic acids is 2. The zero-order chi connectivity index (χ0) is 19.4. The number of carbonyl (C=O) groups is 3. The zero-order valence-electron chi connectivity index (χ0n) is 14.4. The molecule has 27 heavy (non-hydrogen) atoms. The minimum Gasteiger partial charge on any atom is -0.481 e. The van der Waals surface area contributed by atoms with E-state index in [-0.39, 0.29) is 24.2 Å². The zero-order valence-corrected chi connectivity index (χ0v) is 14.4. The molecule has 0 bridgehead atoms. The normalized spacial score (nSPS) is 18.3. The highest BCUT2D eigenvalue weighted by atomic mass is 19.1. The van der Waals surface area contributed by atoms with Crippen LogP contribution >= 0.6 is 0 Å². The van der Waals surface area contributed by atoms with Gasteiger partial charge in [0.05, 0.1) is 11.8 Å². The van der Waals surface area contributed by atoms with Crippen LogP contribution < -0.4 is 10.6 Å². The van der Waals surface area contributed by atoms with Crippen LogP contribution in [0, 0.1) is 17.7 Å². The smallest absolute Gasteiger partial charge is 0.307 e. The van der Waals surface area contributed by atoms with Crippen LogP contribution in [0.2, 0.25) is 0 Å². The second kappa shape index (κ2) is 7.99. The Balaban J connectivity index is 1.53. The van der Waals surface area contributed by atoms with Crippen molar-refractivity contribution in [3.05, 3.63) is 65.5 Å². The van der Waals surface area contributed by atoms with Gasteiger partial charge in [-0.15, -0.1) is 0 Å². The number of hydrogen-bond donors (Lipinski definition) is 3. The first kappa shape index (κ1) is 18.6. The molecule has 1 fully saturated rings. The first-order valence-electron chi connectivity index (χ1n) is 8.60. The summed E-state index contributed by atoms with van der Waals surface area (Å²) < 4.78 is 12.9. The number of anilines is 1. The molecule has 0 heterocycles. The van der Waals surface area contributed by atoms with Crippen molar-refractivity contribution in [2.24, 2.45) is 11.8 Å². The molecule has 0 radical (unpaired) electrons. The lowest BCUT2D eigenvalue weighted by atomic mass is 9.73. The van der Waals surface area contributed by atoms with Crippen molar-refractivity contribution in [2.45, 2.75) is 19.4 Å². The third-order valence-corrected chi connectivity index (χ3v) is 4.71. The number of carboxylic acid groups (broad SMARTS) is 1. The molecule has 1 aliphatic carbocycles. The van der Waals surface area contributed by atoms with Crippen LogP contribution in [-0.2, 0) is 16.1 Å². The molecule has 1 aliphatic rings. The maximum atomic E-state index is 12.9. The van der Waals surface area contributed by atoms with Crippen LogP contribution in [0.4, 0.5) is 10.1 Å². The minimum atomic E-state index is -0.949. The highest BCUT2D eigenvalue weighted by Crippen LogP contribution is 2.35. The molecular weight excluding hydrogens is 351 g/mol. The number of halogens is 1. The second-order valence-corrected chi connectivity index (χ2v) is 6.50. The van der Waals surface area contributed by atoms with Gasteiger partial charge in [0, 0.05) is 17.8 Å². The largest absolute Gasteiger partial charge is 0.481 e. The monoisotopic (exact) mass is 370 g/mol. The minimum absolute atomic E-state index is 0.274. The maximum Gasteiger partial charge on any atom is 0.307 e. The van der Waals surface area contributed by atoms with E-state index in [2.05, 4.69) is 10.6 Å². The van der Waals surface area contributed by atoms with Crippen LogP contribution in [0.5, 0.6) is 0 Å². The number of carboxylic acids is 1. The highest BCUT2D eigenvalue weighted by Gasteiger charge is 2.41. The molecule has 3 rings (SSSR count). The molecule has 2 amide bonds. The van der Waals surface area contributed by atoms with E-state index in [1.807, 2.05) is 0 Å². The number of benzene rings is 2. The van der Waals surface area contributed by atoms with E-state index < -0.39 is 17.8 Å². The summed E-state index contributed by atoms with van der Waals surface area (Å²) in [5.74, 6) is -3.03. The van der Waals surface area contributed by atoms with Crippen LogP contribution in [0.15, 0.2) is 48.5 Å². The Labute approximate surface area is 155 Å². The number of rotatable bonds is 6. The molecule has 0 spiro atoms. The van der Waals surface area contributed by atoms with Gasteiger partial charge in [-0.25, -0.2) is 4.39 Å². The van der Waals surface area contributed by atoms with E-state index >= 15 is 0 Å². The molecule has 2 aromatic rings. The quantitative estimate of drug-likeness (QED) is 0.729. The van der Waals surface area contributed by atoms with Crippen molar-refractivity contribution in [3.8, 4) is 0 Å². The number of amides is 2. The summed E-state index contributed by atoms with van der Waals surface area (Å²) in [5, 5.41) is 14.4. The van der Waals surface area contributed by atoms with E-state index in [4.69, 9.17) is 5.11 Å². The standard InChI is InChI=1S/C20H19FN2O4/c21-14-5-1-12(2-6-14)11-22-18(24)13-3-7-15(8-4-13)23-19(25)16-9-10-17(16)20(26)27/h1-8,16-17H,9-11H2,(H,22,24)(H,23,25)(H,26,27). The molecular formula is C20H19FN2O4. The number of nitrogens with one attached hydrogen (secondary N) is 2. The summed E-state index contributed by atoms with van der Waals surface area (Å²) in [7, 11) is 0.